The second-order valence-electron chi connectivity index (χ2n) is 3.10. The fourth-order valence-electron chi connectivity index (χ4n) is 1.24. The van der Waals surface area contributed by atoms with Crippen molar-refractivity contribution in [1.29, 1.82) is 0 Å². The first-order chi connectivity index (χ1) is 7.75. The predicted octanol–water partition coefficient (Wildman–Crippen LogP) is 1.57. The van der Waals surface area contributed by atoms with Gasteiger partial charge in [-0.25, -0.2) is 9.78 Å². The topological polar surface area (TPSA) is 78.9 Å². The average molecular weight is 215 g/mol. The molecule has 5 nitrogen and oxygen atoms in total. The van der Waals surface area contributed by atoms with E-state index in [-0.39, 0.29) is 0 Å². The maximum atomic E-state index is 10.3. The molecular formula is C11H9N3O2. The lowest BCUT2D eigenvalue weighted by Gasteiger charge is -1.93. The van der Waals surface area contributed by atoms with Crippen LogP contribution in [0.1, 0.15) is 5.82 Å². The molecule has 0 aliphatic rings. The summed E-state index contributed by atoms with van der Waals surface area (Å²) in [5, 5.41) is 8.46. The monoisotopic (exact) mass is 215 g/mol. The van der Waals surface area contributed by atoms with Crippen LogP contribution in [0.25, 0.3) is 17.3 Å². The molecule has 2 N–H and O–H groups in total. The number of nitrogens with zero attached hydrogens (tertiary/aromatic N) is 2. The van der Waals surface area contributed by atoms with Crippen molar-refractivity contribution >= 4 is 12.0 Å². The third-order valence-corrected chi connectivity index (χ3v) is 1.95. The number of aliphatic carboxylic acids is 1. The van der Waals surface area contributed by atoms with Crippen LogP contribution in [-0.2, 0) is 4.79 Å². The second-order valence-corrected chi connectivity index (χ2v) is 3.10. The molecule has 0 aromatic carbocycles. The third-order valence-electron chi connectivity index (χ3n) is 1.95. The summed E-state index contributed by atoms with van der Waals surface area (Å²) < 4.78 is 0. The Kier molecular flexibility index (Phi) is 2.77. The first-order valence-electron chi connectivity index (χ1n) is 4.62. The van der Waals surface area contributed by atoms with E-state index in [4.69, 9.17) is 5.11 Å². The second kappa shape index (κ2) is 4.39. The lowest BCUT2D eigenvalue weighted by Crippen LogP contribution is -1.86. The van der Waals surface area contributed by atoms with E-state index in [9.17, 15) is 4.79 Å². The van der Waals surface area contributed by atoms with Crippen LogP contribution in [0.2, 0.25) is 0 Å². The number of aromatic nitrogens is 3. The Morgan fingerprint density at radius 3 is 3.00 bits per heavy atom. The van der Waals surface area contributed by atoms with Crippen LogP contribution in [-0.4, -0.2) is 26.0 Å². The number of hydrogen-bond donors (Lipinski definition) is 2. The zero-order valence-corrected chi connectivity index (χ0v) is 8.29. The highest BCUT2D eigenvalue weighted by Crippen LogP contribution is 2.15. The Morgan fingerprint density at radius 2 is 2.31 bits per heavy atom. The summed E-state index contributed by atoms with van der Waals surface area (Å²) in [4.78, 5) is 21.3. The van der Waals surface area contributed by atoms with Crippen LogP contribution in [0, 0.1) is 0 Å². The van der Waals surface area contributed by atoms with Crippen LogP contribution < -0.4 is 0 Å². The molecular weight excluding hydrogens is 206 g/mol. The minimum Gasteiger partial charge on any atom is -0.478 e. The van der Waals surface area contributed by atoms with Crippen LogP contribution in [0.5, 0.6) is 0 Å². The SMILES string of the molecule is O=C(O)/C=C/c1ncc(-c2cccnc2)[nH]1. The number of imidazole rings is 1. The van der Waals surface area contributed by atoms with E-state index in [2.05, 4.69) is 15.0 Å². The highest BCUT2D eigenvalue weighted by molar-refractivity contribution is 5.84. The molecule has 16 heavy (non-hydrogen) atoms. The van der Waals surface area contributed by atoms with Gasteiger partial charge in [0, 0.05) is 24.0 Å². The van der Waals surface area contributed by atoms with Crippen LogP contribution in [0.4, 0.5) is 0 Å². The molecule has 0 amide bonds. The zero-order valence-electron chi connectivity index (χ0n) is 8.29. The molecule has 0 saturated heterocycles. The molecule has 80 valence electrons. The van der Waals surface area contributed by atoms with E-state index in [1.54, 1.807) is 18.6 Å². The van der Waals surface area contributed by atoms with Crippen LogP contribution >= 0.6 is 0 Å². The number of rotatable bonds is 3. The van der Waals surface area contributed by atoms with Gasteiger partial charge in [0.15, 0.2) is 0 Å². The number of hydrogen-bond acceptors (Lipinski definition) is 3. The number of pyridine rings is 1. The number of aromatic amines is 1. The van der Waals surface area contributed by atoms with Gasteiger partial charge in [0.1, 0.15) is 5.82 Å². The van der Waals surface area contributed by atoms with Crippen molar-refractivity contribution in [3.63, 3.8) is 0 Å². The Hall–Kier alpha value is -2.43. The van der Waals surface area contributed by atoms with Gasteiger partial charge in [-0.3, -0.25) is 4.98 Å². The summed E-state index contributed by atoms with van der Waals surface area (Å²) in [5.74, 6) is -0.499. The van der Waals surface area contributed by atoms with Crippen LogP contribution in [0.15, 0.2) is 36.8 Å². The van der Waals surface area contributed by atoms with E-state index in [1.807, 2.05) is 12.1 Å². The van der Waals surface area contributed by atoms with Crippen molar-refractivity contribution in [3.05, 3.63) is 42.6 Å². The lowest BCUT2D eigenvalue weighted by molar-refractivity contribution is -0.131. The first kappa shape index (κ1) is 10.1. The largest absolute Gasteiger partial charge is 0.478 e. The van der Waals surface area contributed by atoms with E-state index in [0.29, 0.717) is 5.82 Å². The van der Waals surface area contributed by atoms with Gasteiger partial charge in [-0.15, -0.1) is 0 Å². The summed E-state index contributed by atoms with van der Waals surface area (Å²) in [7, 11) is 0. The summed E-state index contributed by atoms with van der Waals surface area (Å²) in [5.41, 5.74) is 1.71. The predicted molar refractivity (Wildman–Crippen MR) is 58.5 cm³/mol. The van der Waals surface area contributed by atoms with Gasteiger partial charge >= 0.3 is 5.97 Å². The van der Waals surface area contributed by atoms with E-state index >= 15 is 0 Å². The maximum Gasteiger partial charge on any atom is 0.328 e. The summed E-state index contributed by atoms with van der Waals surface area (Å²) in [6, 6.07) is 3.72. The van der Waals surface area contributed by atoms with Gasteiger partial charge in [-0.1, -0.05) is 0 Å². The quantitative estimate of drug-likeness (QED) is 0.761. The van der Waals surface area contributed by atoms with E-state index in [0.717, 1.165) is 17.3 Å². The molecule has 2 rings (SSSR count). The minimum atomic E-state index is -1.00. The lowest BCUT2D eigenvalue weighted by atomic mass is 10.2. The number of carboxylic acid groups (broad SMARTS) is 1. The highest BCUT2D eigenvalue weighted by atomic mass is 16.4. The maximum absolute atomic E-state index is 10.3. The highest BCUT2D eigenvalue weighted by Gasteiger charge is 2.00. The average Bonchev–Trinajstić information content (AvgIpc) is 2.76. The molecule has 0 aliphatic carbocycles. The fraction of sp³-hybridized carbons (Fsp3) is 0. The molecule has 5 heteroatoms. The van der Waals surface area contributed by atoms with Crippen molar-refractivity contribution in [3.8, 4) is 11.3 Å². The normalized spacial score (nSPS) is 10.8. The Bertz CT molecular complexity index is 517. The van der Waals surface area contributed by atoms with Crippen molar-refractivity contribution in [1.82, 2.24) is 15.0 Å². The van der Waals surface area contributed by atoms with Crippen molar-refractivity contribution in [2.24, 2.45) is 0 Å². The van der Waals surface area contributed by atoms with Crippen molar-refractivity contribution in [2.45, 2.75) is 0 Å². The van der Waals surface area contributed by atoms with Gasteiger partial charge in [0.2, 0.25) is 0 Å². The molecule has 0 saturated carbocycles. The van der Waals surface area contributed by atoms with Gasteiger partial charge in [0.25, 0.3) is 0 Å². The number of nitrogens with one attached hydrogen (secondary N) is 1. The molecule has 0 radical (unpaired) electrons. The minimum absolute atomic E-state index is 0.501. The first-order valence-corrected chi connectivity index (χ1v) is 4.62. The number of carbonyl (C=O) groups is 1. The molecule has 2 heterocycles. The van der Waals surface area contributed by atoms with Gasteiger partial charge < -0.3 is 10.1 Å². The van der Waals surface area contributed by atoms with E-state index < -0.39 is 5.97 Å². The van der Waals surface area contributed by atoms with Gasteiger partial charge in [-0.05, 0) is 18.2 Å². The van der Waals surface area contributed by atoms with Gasteiger partial charge in [-0.2, -0.15) is 0 Å². The molecule has 0 aliphatic heterocycles. The van der Waals surface area contributed by atoms with Crippen molar-refractivity contribution in [2.75, 3.05) is 0 Å². The zero-order chi connectivity index (χ0) is 11.4. The summed E-state index contributed by atoms with van der Waals surface area (Å²) >= 11 is 0. The van der Waals surface area contributed by atoms with Crippen LogP contribution in [0.3, 0.4) is 0 Å². The summed E-state index contributed by atoms with van der Waals surface area (Å²) in [6.45, 7) is 0. The Balaban J connectivity index is 2.23. The third kappa shape index (κ3) is 2.33. The summed E-state index contributed by atoms with van der Waals surface area (Å²) in [6.07, 6.45) is 7.47. The molecule has 0 atom stereocenters. The number of carboxylic acids is 1. The molecule has 0 spiro atoms. The Labute approximate surface area is 91.5 Å². The molecule has 2 aromatic heterocycles. The fourth-order valence-corrected chi connectivity index (χ4v) is 1.24. The smallest absolute Gasteiger partial charge is 0.328 e. The standard InChI is InChI=1S/C11H9N3O2/c15-11(16)4-3-10-13-7-9(14-10)8-2-1-5-12-6-8/h1-7H,(H,13,14)(H,15,16)/b4-3+. The number of H-pyrrole nitrogens is 1. The molecule has 0 unspecified atom stereocenters. The molecule has 0 bridgehead atoms. The molecule has 0 fully saturated rings. The Morgan fingerprint density at radius 1 is 1.44 bits per heavy atom. The molecule has 2 aromatic rings. The van der Waals surface area contributed by atoms with E-state index in [1.165, 1.54) is 6.08 Å². The van der Waals surface area contributed by atoms with Crippen molar-refractivity contribution < 1.29 is 9.90 Å². The van der Waals surface area contributed by atoms with Gasteiger partial charge in [0.05, 0.1) is 11.9 Å².